The highest BCUT2D eigenvalue weighted by Crippen LogP contribution is 2.19. The van der Waals surface area contributed by atoms with E-state index in [0.29, 0.717) is 12.5 Å². The van der Waals surface area contributed by atoms with Gasteiger partial charge in [0.2, 0.25) is 0 Å². The van der Waals surface area contributed by atoms with Gasteiger partial charge < -0.3 is 10.6 Å². The second-order valence-electron chi connectivity index (χ2n) is 5.69. The minimum Gasteiger partial charge on any atom is -0.357 e. The number of aliphatic imine (C=N–C) groups is 1. The highest BCUT2D eigenvalue weighted by atomic mass is 32.1. The van der Waals surface area contributed by atoms with Crippen molar-refractivity contribution in [2.24, 2.45) is 4.99 Å². The molecule has 0 aliphatic rings. The number of hydrogen-bond acceptors (Lipinski definition) is 3. The second kappa shape index (κ2) is 9.30. The van der Waals surface area contributed by atoms with Gasteiger partial charge in [-0.25, -0.2) is 9.98 Å². The number of nitrogens with zero attached hydrogens (tertiary/aromatic N) is 2. The van der Waals surface area contributed by atoms with Crippen LogP contribution in [0.15, 0.2) is 40.7 Å². The number of rotatable bonds is 7. The molecule has 0 saturated heterocycles. The molecule has 2 aromatic rings. The van der Waals surface area contributed by atoms with Crippen LogP contribution in [-0.2, 0) is 13.0 Å². The Morgan fingerprint density at radius 1 is 1.22 bits per heavy atom. The van der Waals surface area contributed by atoms with Crippen molar-refractivity contribution < 1.29 is 0 Å². The summed E-state index contributed by atoms with van der Waals surface area (Å²) in [6.45, 7) is 8.75. The first-order valence-corrected chi connectivity index (χ1v) is 9.07. The molecule has 4 nitrogen and oxygen atoms in total. The highest BCUT2D eigenvalue weighted by Gasteiger charge is 2.05. The zero-order valence-corrected chi connectivity index (χ0v) is 15.0. The molecule has 1 heterocycles. The summed E-state index contributed by atoms with van der Waals surface area (Å²) in [5.74, 6) is 1.33. The van der Waals surface area contributed by atoms with Crippen LogP contribution in [0.25, 0.3) is 0 Å². The van der Waals surface area contributed by atoms with Crippen molar-refractivity contribution in [2.45, 2.75) is 39.7 Å². The molecule has 5 heteroatoms. The van der Waals surface area contributed by atoms with Gasteiger partial charge in [0.1, 0.15) is 0 Å². The van der Waals surface area contributed by atoms with Crippen LogP contribution < -0.4 is 10.6 Å². The molecule has 0 bridgehead atoms. The zero-order valence-electron chi connectivity index (χ0n) is 14.2. The quantitative estimate of drug-likeness (QED) is 0.603. The number of thiazole rings is 1. The molecule has 0 spiro atoms. The Hall–Kier alpha value is -1.88. The monoisotopic (exact) mass is 330 g/mol. The fourth-order valence-corrected chi connectivity index (χ4v) is 2.96. The molecule has 0 saturated carbocycles. The van der Waals surface area contributed by atoms with E-state index in [1.165, 1.54) is 10.6 Å². The van der Waals surface area contributed by atoms with Crippen LogP contribution in [0, 0.1) is 0 Å². The molecule has 0 radical (unpaired) electrons. The lowest BCUT2D eigenvalue weighted by molar-refractivity contribution is 0.793. The van der Waals surface area contributed by atoms with Crippen LogP contribution in [-0.4, -0.2) is 24.0 Å². The standard InChI is InChI=1S/C18H26N4S/c1-4-19-18(20-11-10-15-8-6-5-7-9-15)21-12-16-13-23-17(22-16)14(2)3/h5-9,13-14H,4,10-12H2,1-3H3,(H2,19,20,21). The molecule has 0 fully saturated rings. The molecule has 0 amide bonds. The van der Waals surface area contributed by atoms with Gasteiger partial charge in [-0.1, -0.05) is 44.2 Å². The van der Waals surface area contributed by atoms with Crippen LogP contribution >= 0.6 is 11.3 Å². The van der Waals surface area contributed by atoms with Crippen molar-refractivity contribution in [3.8, 4) is 0 Å². The summed E-state index contributed by atoms with van der Waals surface area (Å²) < 4.78 is 0. The van der Waals surface area contributed by atoms with Gasteiger partial charge in [-0.3, -0.25) is 0 Å². The first kappa shape index (κ1) is 17.5. The van der Waals surface area contributed by atoms with E-state index in [1.807, 2.05) is 6.07 Å². The highest BCUT2D eigenvalue weighted by molar-refractivity contribution is 7.09. The van der Waals surface area contributed by atoms with E-state index in [2.05, 4.69) is 71.0 Å². The third-order valence-corrected chi connectivity index (χ3v) is 4.55. The maximum absolute atomic E-state index is 4.63. The molecule has 1 aromatic heterocycles. The van der Waals surface area contributed by atoms with Gasteiger partial charge >= 0.3 is 0 Å². The van der Waals surface area contributed by atoms with Crippen molar-refractivity contribution in [3.05, 3.63) is 52.0 Å². The van der Waals surface area contributed by atoms with Crippen molar-refractivity contribution >= 4 is 17.3 Å². The smallest absolute Gasteiger partial charge is 0.191 e. The van der Waals surface area contributed by atoms with Gasteiger partial charge in [0.15, 0.2) is 5.96 Å². The number of hydrogen-bond donors (Lipinski definition) is 2. The third-order valence-electron chi connectivity index (χ3n) is 3.36. The van der Waals surface area contributed by atoms with E-state index in [1.54, 1.807) is 11.3 Å². The lowest BCUT2D eigenvalue weighted by atomic mass is 10.1. The van der Waals surface area contributed by atoms with Crippen LogP contribution in [0.5, 0.6) is 0 Å². The average Bonchev–Trinajstić information content (AvgIpc) is 3.03. The molecular formula is C18H26N4S. The lowest BCUT2D eigenvalue weighted by Gasteiger charge is -2.11. The largest absolute Gasteiger partial charge is 0.357 e. The Balaban J connectivity index is 1.86. The molecule has 1 aromatic carbocycles. The van der Waals surface area contributed by atoms with Gasteiger partial charge in [-0.15, -0.1) is 11.3 Å². The molecule has 0 atom stereocenters. The lowest BCUT2D eigenvalue weighted by Crippen LogP contribution is -2.38. The fourth-order valence-electron chi connectivity index (χ4n) is 2.13. The predicted molar refractivity (Wildman–Crippen MR) is 99.2 cm³/mol. The first-order chi connectivity index (χ1) is 11.2. The van der Waals surface area contributed by atoms with Gasteiger partial charge in [0.25, 0.3) is 0 Å². The molecule has 0 aliphatic carbocycles. The Labute approximate surface area is 143 Å². The number of benzene rings is 1. The summed E-state index contributed by atoms with van der Waals surface area (Å²) in [4.78, 5) is 9.25. The molecule has 23 heavy (non-hydrogen) atoms. The van der Waals surface area contributed by atoms with Crippen LogP contribution in [0.1, 0.15) is 43.0 Å². The van der Waals surface area contributed by atoms with E-state index in [4.69, 9.17) is 0 Å². The number of aromatic nitrogens is 1. The van der Waals surface area contributed by atoms with E-state index >= 15 is 0 Å². The summed E-state index contributed by atoms with van der Waals surface area (Å²) in [6, 6.07) is 10.5. The van der Waals surface area contributed by atoms with E-state index in [-0.39, 0.29) is 0 Å². The Morgan fingerprint density at radius 2 is 2.00 bits per heavy atom. The molecule has 2 rings (SSSR count). The van der Waals surface area contributed by atoms with Crippen molar-refractivity contribution in [3.63, 3.8) is 0 Å². The Morgan fingerprint density at radius 3 is 2.65 bits per heavy atom. The van der Waals surface area contributed by atoms with Gasteiger partial charge in [-0.05, 0) is 18.9 Å². The van der Waals surface area contributed by atoms with E-state index < -0.39 is 0 Å². The SMILES string of the molecule is CCNC(=NCc1csc(C(C)C)n1)NCCc1ccccc1. The summed E-state index contributed by atoms with van der Waals surface area (Å²) in [5.41, 5.74) is 2.37. The summed E-state index contributed by atoms with van der Waals surface area (Å²) >= 11 is 1.72. The van der Waals surface area contributed by atoms with Gasteiger partial charge in [-0.2, -0.15) is 0 Å². The van der Waals surface area contributed by atoms with E-state index in [0.717, 1.165) is 31.2 Å². The second-order valence-corrected chi connectivity index (χ2v) is 6.58. The number of nitrogens with one attached hydrogen (secondary N) is 2. The first-order valence-electron chi connectivity index (χ1n) is 8.19. The number of guanidine groups is 1. The van der Waals surface area contributed by atoms with Crippen molar-refractivity contribution in [1.82, 2.24) is 15.6 Å². The molecule has 0 unspecified atom stereocenters. The van der Waals surface area contributed by atoms with Gasteiger partial charge in [0.05, 0.1) is 17.2 Å². The summed E-state index contributed by atoms with van der Waals surface area (Å²) in [5, 5.41) is 9.95. The van der Waals surface area contributed by atoms with Crippen molar-refractivity contribution in [1.29, 1.82) is 0 Å². The molecular weight excluding hydrogens is 304 g/mol. The predicted octanol–water partition coefficient (Wildman–Crippen LogP) is 3.56. The Bertz CT molecular complexity index is 604. The summed E-state index contributed by atoms with van der Waals surface area (Å²) in [7, 11) is 0. The van der Waals surface area contributed by atoms with Crippen LogP contribution in [0.2, 0.25) is 0 Å². The Kier molecular flexibility index (Phi) is 7.07. The van der Waals surface area contributed by atoms with Crippen LogP contribution in [0.4, 0.5) is 0 Å². The molecule has 124 valence electrons. The van der Waals surface area contributed by atoms with Gasteiger partial charge in [0, 0.05) is 24.4 Å². The van der Waals surface area contributed by atoms with Crippen molar-refractivity contribution in [2.75, 3.05) is 13.1 Å². The third kappa shape index (κ3) is 6.02. The fraction of sp³-hybridized carbons (Fsp3) is 0.444. The normalized spacial score (nSPS) is 11.7. The summed E-state index contributed by atoms with van der Waals surface area (Å²) in [6.07, 6.45) is 0.986. The maximum Gasteiger partial charge on any atom is 0.191 e. The average molecular weight is 331 g/mol. The molecule has 0 aliphatic heterocycles. The minimum atomic E-state index is 0.481. The van der Waals surface area contributed by atoms with E-state index in [9.17, 15) is 0 Å². The minimum absolute atomic E-state index is 0.481. The molecule has 2 N–H and O–H groups in total. The maximum atomic E-state index is 4.63. The van der Waals surface area contributed by atoms with Crippen LogP contribution in [0.3, 0.4) is 0 Å². The zero-order chi connectivity index (χ0) is 16.5. The topological polar surface area (TPSA) is 49.3 Å².